The van der Waals surface area contributed by atoms with Gasteiger partial charge in [-0.05, 0) is 0 Å². The van der Waals surface area contributed by atoms with E-state index in [2.05, 4.69) is 29.9 Å². The molecular weight excluding hydrogens is 216 g/mol. The molecule has 0 unspecified atom stereocenters. The first-order chi connectivity index (χ1) is 5.09. The van der Waals surface area contributed by atoms with Gasteiger partial charge in [0.15, 0.2) is 0 Å². The fourth-order valence-electron chi connectivity index (χ4n) is 0.0781. The molecule has 0 aromatic heterocycles. The molecule has 3 N–H and O–H groups in total. The Hall–Kier alpha value is 0.547. The third kappa shape index (κ3) is 16.9. The first kappa shape index (κ1) is 18.4. The first-order valence-electron chi connectivity index (χ1n) is 3.48. The van der Waals surface area contributed by atoms with E-state index < -0.39 is 12.0 Å². The van der Waals surface area contributed by atoms with Crippen molar-refractivity contribution in [3.63, 3.8) is 0 Å². The second kappa shape index (κ2) is 14.1. The Morgan fingerprint density at radius 3 is 2.08 bits per heavy atom. The van der Waals surface area contributed by atoms with Crippen LogP contribution in [0.15, 0.2) is 0 Å². The summed E-state index contributed by atoms with van der Waals surface area (Å²) < 4.78 is 0. The van der Waals surface area contributed by atoms with Crippen molar-refractivity contribution < 1.29 is 28.8 Å². The van der Waals surface area contributed by atoms with Crippen LogP contribution in [0, 0.1) is 6.92 Å². The van der Waals surface area contributed by atoms with Gasteiger partial charge in [-0.15, -0.1) is 0 Å². The molecule has 0 aliphatic rings. The van der Waals surface area contributed by atoms with E-state index in [1.165, 1.54) is 6.42 Å². The Balaban J connectivity index is -0.000000142. The van der Waals surface area contributed by atoms with E-state index in [-0.39, 0.29) is 18.9 Å². The number of unbranched alkanes of at least 4 members (excludes halogenated alkanes) is 1. The van der Waals surface area contributed by atoms with E-state index >= 15 is 0 Å². The van der Waals surface area contributed by atoms with Gasteiger partial charge in [-0.3, -0.25) is 0 Å². The standard InChI is InChI=1S/C4H9.C3H7NO2Se.Li/c1-3-4-2;4-2(1-7)3(5)6;/h1,3-4H2,2H3;2,7H,1,4H2,(H,5,6);/q-1;;+1/t;2-;/m.0./s1. The van der Waals surface area contributed by atoms with Crippen molar-refractivity contribution in [2.75, 3.05) is 0 Å². The van der Waals surface area contributed by atoms with Gasteiger partial charge in [0.25, 0.3) is 0 Å². The quantitative estimate of drug-likeness (QED) is 0.412. The van der Waals surface area contributed by atoms with E-state index in [0.29, 0.717) is 5.32 Å². The summed E-state index contributed by atoms with van der Waals surface area (Å²) in [5, 5.41) is 8.48. The molecule has 12 heavy (non-hydrogen) atoms. The van der Waals surface area contributed by atoms with Crippen molar-refractivity contribution in [1.82, 2.24) is 0 Å². The van der Waals surface area contributed by atoms with Crippen LogP contribution in [0.3, 0.4) is 0 Å². The molecule has 0 saturated heterocycles. The van der Waals surface area contributed by atoms with Crippen LogP contribution in [0.4, 0.5) is 0 Å². The van der Waals surface area contributed by atoms with Crippen LogP contribution < -0.4 is 24.6 Å². The van der Waals surface area contributed by atoms with Gasteiger partial charge in [-0.25, -0.2) is 0 Å². The molecule has 0 fully saturated rings. The summed E-state index contributed by atoms with van der Waals surface area (Å²) in [5.74, 6) is -0.944. The SMILES string of the molecule is N[C@@H](C[SeH])C(=O)O.[CH2-]CCC.[Li+]. The fraction of sp³-hybridized carbons (Fsp3) is 0.714. The Bertz CT molecular complexity index is 101. The summed E-state index contributed by atoms with van der Waals surface area (Å²) in [7, 11) is 0. The summed E-state index contributed by atoms with van der Waals surface area (Å²) in [6.45, 7) is 5.72. The number of carbonyl (C=O) groups is 1. The van der Waals surface area contributed by atoms with E-state index in [0.717, 1.165) is 6.42 Å². The summed E-state index contributed by atoms with van der Waals surface area (Å²) in [6.07, 6.45) is 2.28. The Morgan fingerprint density at radius 2 is 2.08 bits per heavy atom. The molecule has 0 spiro atoms. The summed E-state index contributed by atoms with van der Waals surface area (Å²) in [5.41, 5.74) is 5.00. The third-order valence-corrected chi connectivity index (χ3v) is 1.69. The minimum atomic E-state index is -0.944. The number of aliphatic carboxylic acids is 1. The van der Waals surface area contributed by atoms with Gasteiger partial charge in [0.05, 0.1) is 0 Å². The van der Waals surface area contributed by atoms with Gasteiger partial charge >= 0.3 is 67.8 Å². The minimum Gasteiger partial charge on any atom is -0.343 e. The predicted molar refractivity (Wildman–Crippen MR) is 47.8 cm³/mol. The van der Waals surface area contributed by atoms with E-state index in [9.17, 15) is 4.79 Å². The van der Waals surface area contributed by atoms with Crippen LogP contribution in [-0.4, -0.2) is 33.1 Å². The molecule has 68 valence electrons. The zero-order valence-electron chi connectivity index (χ0n) is 7.79. The van der Waals surface area contributed by atoms with Crippen molar-refractivity contribution >= 4 is 22.0 Å². The van der Waals surface area contributed by atoms with Crippen molar-refractivity contribution in [1.29, 1.82) is 0 Å². The number of carboxylic acid groups (broad SMARTS) is 1. The number of hydrogen-bond donors (Lipinski definition) is 2. The molecule has 0 aromatic rings. The third-order valence-electron chi connectivity index (χ3n) is 0.867. The molecule has 3 nitrogen and oxygen atoms in total. The molecule has 0 bridgehead atoms. The second-order valence-corrected chi connectivity index (χ2v) is 2.75. The molecule has 0 rings (SSSR count). The van der Waals surface area contributed by atoms with Gasteiger partial charge in [0, 0.05) is 0 Å². The molecule has 0 amide bonds. The van der Waals surface area contributed by atoms with Crippen LogP contribution in [0.1, 0.15) is 19.8 Å². The normalized spacial score (nSPS) is 10.3. The maximum atomic E-state index is 9.80. The second-order valence-electron chi connectivity index (χ2n) is 1.98. The summed E-state index contributed by atoms with van der Waals surface area (Å²) >= 11 is 2.13. The van der Waals surface area contributed by atoms with Crippen LogP contribution in [0.2, 0.25) is 5.32 Å². The minimum absolute atomic E-state index is 0. The van der Waals surface area contributed by atoms with Crippen molar-refractivity contribution in [3.05, 3.63) is 6.92 Å². The van der Waals surface area contributed by atoms with Crippen LogP contribution in [-0.2, 0) is 4.79 Å². The molecule has 0 heterocycles. The van der Waals surface area contributed by atoms with Gasteiger partial charge < -0.3 is 6.92 Å². The number of hydrogen-bond acceptors (Lipinski definition) is 2. The monoisotopic (exact) mass is 233 g/mol. The molecule has 0 aliphatic heterocycles. The van der Waals surface area contributed by atoms with Gasteiger partial charge in [0.2, 0.25) is 0 Å². The van der Waals surface area contributed by atoms with E-state index in [4.69, 9.17) is 10.8 Å². The number of nitrogens with two attached hydrogens (primary N) is 1. The smallest absolute Gasteiger partial charge is 0.343 e. The van der Waals surface area contributed by atoms with Crippen LogP contribution in [0.25, 0.3) is 0 Å². The van der Waals surface area contributed by atoms with Crippen LogP contribution in [0.5, 0.6) is 0 Å². The van der Waals surface area contributed by atoms with E-state index in [1.807, 2.05) is 0 Å². The average Bonchev–Trinajstić information content (AvgIpc) is 2.03. The Labute approximate surface area is 94.5 Å². The summed E-state index contributed by atoms with van der Waals surface area (Å²) in [4.78, 5) is 9.80. The molecule has 1 atom stereocenters. The fourth-order valence-corrected chi connectivity index (χ4v) is 0.406. The van der Waals surface area contributed by atoms with E-state index in [1.54, 1.807) is 0 Å². The van der Waals surface area contributed by atoms with Gasteiger partial charge in [-0.2, -0.15) is 6.42 Å². The molecule has 0 aliphatic carbocycles. The molecule has 0 saturated carbocycles. The molecule has 0 radical (unpaired) electrons. The number of rotatable bonds is 3. The van der Waals surface area contributed by atoms with Gasteiger partial charge in [0.1, 0.15) is 0 Å². The summed E-state index contributed by atoms with van der Waals surface area (Å²) in [6, 6.07) is -0.708. The van der Waals surface area contributed by atoms with Crippen LogP contribution >= 0.6 is 0 Å². The number of carboxylic acids is 1. The van der Waals surface area contributed by atoms with Crippen molar-refractivity contribution in [2.45, 2.75) is 31.1 Å². The van der Waals surface area contributed by atoms with Gasteiger partial charge in [-0.1, -0.05) is 13.3 Å². The maximum absolute atomic E-state index is 9.80. The molecule has 5 heteroatoms. The molecule has 0 aromatic carbocycles. The first-order valence-corrected chi connectivity index (χ1v) is 4.81. The topological polar surface area (TPSA) is 63.3 Å². The van der Waals surface area contributed by atoms with Crippen molar-refractivity contribution in [3.8, 4) is 0 Å². The Kier molecular flexibility index (Phi) is 21.6. The Morgan fingerprint density at radius 1 is 1.75 bits per heavy atom. The average molecular weight is 232 g/mol. The predicted octanol–water partition coefficient (Wildman–Crippen LogP) is -2.66. The molecular formula is C7H16LiNO2Se. The zero-order chi connectivity index (χ0) is 9.28. The largest absolute Gasteiger partial charge is 1.00 e. The maximum Gasteiger partial charge on any atom is 1.00 e. The zero-order valence-corrected chi connectivity index (χ0v) is 9.66. The van der Waals surface area contributed by atoms with Crippen molar-refractivity contribution in [2.24, 2.45) is 5.73 Å².